The van der Waals surface area contributed by atoms with Gasteiger partial charge in [-0.3, -0.25) is 0 Å². The fraction of sp³-hybridized carbons (Fsp3) is 0.214. The van der Waals surface area contributed by atoms with Gasteiger partial charge in [-0.2, -0.15) is 0 Å². The normalized spacial score (nSPS) is 10.3. The van der Waals surface area contributed by atoms with Gasteiger partial charge in [-0.25, -0.2) is 4.79 Å². The zero-order valence-electron chi connectivity index (χ0n) is 11.1. The molecular formula is C14H14ClNO3S. The van der Waals surface area contributed by atoms with Crippen LogP contribution in [0.3, 0.4) is 0 Å². The number of thiophene rings is 1. The molecule has 106 valence electrons. The van der Waals surface area contributed by atoms with Crippen molar-refractivity contribution in [2.45, 2.75) is 6.92 Å². The van der Waals surface area contributed by atoms with Gasteiger partial charge >= 0.3 is 5.97 Å². The van der Waals surface area contributed by atoms with E-state index in [0.717, 1.165) is 22.6 Å². The van der Waals surface area contributed by atoms with Crippen LogP contribution in [0.25, 0.3) is 10.4 Å². The molecule has 0 bridgehead atoms. The monoisotopic (exact) mass is 311 g/mol. The van der Waals surface area contributed by atoms with Crippen molar-refractivity contribution >= 4 is 34.6 Å². The van der Waals surface area contributed by atoms with Crippen LogP contribution in [0.4, 0.5) is 5.69 Å². The van der Waals surface area contributed by atoms with Gasteiger partial charge in [-0.05, 0) is 24.6 Å². The maximum Gasteiger partial charge on any atom is 0.349 e. The minimum absolute atomic E-state index is 0.127. The predicted molar refractivity (Wildman–Crippen MR) is 82.4 cm³/mol. The zero-order chi connectivity index (χ0) is 14.7. The lowest BCUT2D eigenvalue weighted by Gasteiger charge is -2.04. The van der Waals surface area contributed by atoms with E-state index in [9.17, 15) is 9.90 Å². The molecule has 0 unspecified atom stereocenters. The molecule has 20 heavy (non-hydrogen) atoms. The van der Waals surface area contributed by atoms with E-state index in [1.165, 1.54) is 0 Å². The molecule has 4 nitrogen and oxygen atoms in total. The SMILES string of the molecule is CCOc1c(C(=O)O)sc(-c2cccc(NC)c2)c1Cl. The number of halogens is 1. The first-order valence-electron chi connectivity index (χ1n) is 6.05. The molecule has 0 aliphatic heterocycles. The van der Waals surface area contributed by atoms with Gasteiger partial charge < -0.3 is 15.2 Å². The van der Waals surface area contributed by atoms with Crippen molar-refractivity contribution in [3.8, 4) is 16.2 Å². The van der Waals surface area contributed by atoms with Crippen LogP contribution in [0.2, 0.25) is 5.02 Å². The lowest BCUT2D eigenvalue weighted by molar-refractivity contribution is 0.0698. The maximum atomic E-state index is 11.3. The number of nitrogens with one attached hydrogen (secondary N) is 1. The Balaban J connectivity index is 2.56. The molecule has 2 rings (SSSR count). The van der Waals surface area contributed by atoms with Gasteiger partial charge in [-0.1, -0.05) is 23.7 Å². The molecule has 0 saturated heterocycles. The molecule has 0 aliphatic rings. The van der Waals surface area contributed by atoms with Crippen molar-refractivity contribution in [1.29, 1.82) is 0 Å². The second kappa shape index (κ2) is 6.15. The van der Waals surface area contributed by atoms with Gasteiger partial charge in [-0.15, -0.1) is 11.3 Å². The summed E-state index contributed by atoms with van der Waals surface area (Å²) in [5.74, 6) is -0.784. The Bertz CT molecular complexity index is 639. The van der Waals surface area contributed by atoms with Gasteiger partial charge in [0.05, 0.1) is 11.5 Å². The molecule has 2 aromatic rings. The van der Waals surface area contributed by atoms with Gasteiger partial charge in [0.15, 0.2) is 10.6 Å². The number of rotatable bonds is 5. The Hall–Kier alpha value is -1.72. The molecule has 1 aromatic carbocycles. The Morgan fingerprint density at radius 2 is 2.25 bits per heavy atom. The van der Waals surface area contributed by atoms with Gasteiger partial charge in [0.25, 0.3) is 0 Å². The fourth-order valence-electron chi connectivity index (χ4n) is 1.81. The van der Waals surface area contributed by atoms with E-state index in [4.69, 9.17) is 16.3 Å². The van der Waals surface area contributed by atoms with Crippen LogP contribution in [0.5, 0.6) is 5.75 Å². The predicted octanol–water partition coefficient (Wildman–Crippen LogP) is 4.21. The average Bonchev–Trinajstić information content (AvgIpc) is 2.77. The Labute approximate surface area is 126 Å². The van der Waals surface area contributed by atoms with Crippen LogP contribution in [0, 0.1) is 0 Å². The lowest BCUT2D eigenvalue weighted by atomic mass is 10.1. The molecule has 0 spiro atoms. The van der Waals surface area contributed by atoms with Crippen LogP contribution in [-0.4, -0.2) is 24.7 Å². The minimum atomic E-state index is -1.03. The molecule has 2 N–H and O–H groups in total. The van der Waals surface area contributed by atoms with Crippen LogP contribution < -0.4 is 10.1 Å². The zero-order valence-corrected chi connectivity index (χ0v) is 12.6. The molecule has 1 heterocycles. The van der Waals surface area contributed by atoms with Crippen molar-refractivity contribution in [2.75, 3.05) is 19.0 Å². The highest BCUT2D eigenvalue weighted by atomic mass is 35.5. The van der Waals surface area contributed by atoms with Gasteiger partial charge in [0.2, 0.25) is 0 Å². The van der Waals surface area contributed by atoms with Gasteiger partial charge in [0, 0.05) is 12.7 Å². The Morgan fingerprint density at radius 3 is 2.85 bits per heavy atom. The van der Waals surface area contributed by atoms with Crippen LogP contribution in [-0.2, 0) is 0 Å². The van der Waals surface area contributed by atoms with Crippen molar-refractivity contribution < 1.29 is 14.6 Å². The first-order valence-corrected chi connectivity index (χ1v) is 7.24. The molecule has 6 heteroatoms. The second-order valence-corrected chi connectivity index (χ2v) is 5.37. The molecular weight excluding hydrogens is 298 g/mol. The summed E-state index contributed by atoms with van der Waals surface area (Å²) in [6.45, 7) is 2.16. The van der Waals surface area contributed by atoms with E-state index in [-0.39, 0.29) is 10.6 Å². The van der Waals surface area contributed by atoms with Crippen molar-refractivity contribution in [1.82, 2.24) is 0 Å². The highest BCUT2D eigenvalue weighted by Gasteiger charge is 2.23. The molecule has 0 saturated carbocycles. The fourth-order valence-corrected chi connectivity index (χ4v) is 3.21. The highest BCUT2D eigenvalue weighted by molar-refractivity contribution is 7.18. The number of carboxylic acid groups (broad SMARTS) is 1. The van der Waals surface area contributed by atoms with E-state index in [1.54, 1.807) is 6.92 Å². The molecule has 1 aromatic heterocycles. The number of anilines is 1. The highest BCUT2D eigenvalue weighted by Crippen LogP contribution is 2.45. The first-order chi connectivity index (χ1) is 9.58. The van der Waals surface area contributed by atoms with E-state index in [1.807, 2.05) is 31.3 Å². The number of aromatic carboxylic acids is 1. The lowest BCUT2D eigenvalue weighted by Crippen LogP contribution is -1.98. The van der Waals surface area contributed by atoms with Crippen LogP contribution >= 0.6 is 22.9 Å². The molecule has 0 radical (unpaired) electrons. The number of hydrogen-bond donors (Lipinski definition) is 2. The summed E-state index contributed by atoms with van der Waals surface area (Å²) in [6.07, 6.45) is 0. The maximum absolute atomic E-state index is 11.3. The largest absolute Gasteiger partial charge is 0.490 e. The molecule has 0 aliphatic carbocycles. The summed E-state index contributed by atoms with van der Waals surface area (Å²) in [4.78, 5) is 12.1. The third-order valence-corrected chi connectivity index (χ3v) is 4.39. The standard InChI is InChI=1S/C14H14ClNO3S/c1-3-19-11-10(15)12(20-13(11)14(17)18)8-5-4-6-9(7-8)16-2/h4-7,16H,3H2,1-2H3,(H,17,18). The molecule has 0 fully saturated rings. The molecule has 0 atom stereocenters. The van der Waals surface area contributed by atoms with E-state index >= 15 is 0 Å². The number of hydrogen-bond acceptors (Lipinski definition) is 4. The van der Waals surface area contributed by atoms with Crippen molar-refractivity contribution in [2.24, 2.45) is 0 Å². The Kier molecular flexibility index (Phi) is 4.52. The van der Waals surface area contributed by atoms with E-state index in [2.05, 4.69) is 5.32 Å². The van der Waals surface area contributed by atoms with Crippen LogP contribution in [0.1, 0.15) is 16.6 Å². The van der Waals surface area contributed by atoms with E-state index in [0.29, 0.717) is 16.5 Å². The molecule has 0 amide bonds. The summed E-state index contributed by atoms with van der Waals surface area (Å²) >= 11 is 7.41. The number of carboxylic acids is 1. The topological polar surface area (TPSA) is 58.6 Å². The van der Waals surface area contributed by atoms with E-state index < -0.39 is 5.97 Å². The summed E-state index contributed by atoms with van der Waals surface area (Å²) in [7, 11) is 1.82. The minimum Gasteiger partial charge on any atom is -0.490 e. The van der Waals surface area contributed by atoms with Crippen LogP contribution in [0.15, 0.2) is 24.3 Å². The number of ether oxygens (including phenoxy) is 1. The van der Waals surface area contributed by atoms with Gasteiger partial charge in [0.1, 0.15) is 5.02 Å². The summed E-state index contributed by atoms with van der Waals surface area (Å²) < 4.78 is 5.37. The number of carbonyl (C=O) groups is 1. The summed E-state index contributed by atoms with van der Waals surface area (Å²) in [6, 6.07) is 7.61. The summed E-state index contributed by atoms with van der Waals surface area (Å²) in [5, 5.41) is 12.6. The summed E-state index contributed by atoms with van der Waals surface area (Å²) in [5.41, 5.74) is 1.79. The van der Waals surface area contributed by atoms with Crippen molar-refractivity contribution in [3.63, 3.8) is 0 Å². The Morgan fingerprint density at radius 1 is 1.50 bits per heavy atom. The first kappa shape index (κ1) is 14.7. The quantitative estimate of drug-likeness (QED) is 0.868. The van der Waals surface area contributed by atoms with Crippen molar-refractivity contribution in [3.05, 3.63) is 34.2 Å². The smallest absolute Gasteiger partial charge is 0.349 e. The average molecular weight is 312 g/mol. The second-order valence-electron chi connectivity index (χ2n) is 3.97. The number of benzene rings is 1. The third kappa shape index (κ3) is 2.73. The third-order valence-electron chi connectivity index (χ3n) is 2.71.